The van der Waals surface area contributed by atoms with Gasteiger partial charge < -0.3 is 9.47 Å². The topological polar surface area (TPSA) is 106 Å². The number of amidine groups is 1. The molecule has 1 aromatic carbocycles. The molecular formula is C16H13Cl2N4O2+. The van der Waals surface area contributed by atoms with Crippen molar-refractivity contribution in [3.63, 3.8) is 0 Å². The van der Waals surface area contributed by atoms with E-state index in [0.717, 1.165) is 0 Å². The number of hydrogen-bond donors (Lipinski definition) is 2. The molecule has 5 atom stereocenters. The second-order valence-electron chi connectivity index (χ2n) is 6.31. The molecule has 6 nitrogen and oxygen atoms in total. The Labute approximate surface area is 148 Å². The summed E-state index contributed by atoms with van der Waals surface area (Å²) in [5.41, 5.74) is 4.10. The van der Waals surface area contributed by atoms with Crippen molar-refractivity contribution >= 4 is 29.0 Å². The van der Waals surface area contributed by atoms with Gasteiger partial charge >= 0.3 is 5.91 Å². The molecule has 8 heteroatoms. The van der Waals surface area contributed by atoms with Crippen molar-refractivity contribution in [2.45, 2.75) is 24.9 Å². The van der Waals surface area contributed by atoms with Gasteiger partial charge in [0, 0.05) is 5.92 Å². The highest BCUT2D eigenvalue weighted by molar-refractivity contribution is 6.42. The van der Waals surface area contributed by atoms with Crippen LogP contribution >= 0.6 is 23.2 Å². The zero-order valence-electron chi connectivity index (χ0n) is 12.6. The molecule has 1 saturated carbocycles. The van der Waals surface area contributed by atoms with Gasteiger partial charge in [-0.25, -0.2) is 4.99 Å². The first-order valence-corrected chi connectivity index (χ1v) is 8.15. The number of nitriles is 2. The fourth-order valence-electron chi connectivity index (χ4n) is 4.17. The summed E-state index contributed by atoms with van der Waals surface area (Å²) in [7, 11) is 0. The lowest BCUT2D eigenvalue weighted by atomic mass is 9.94. The third-order valence-corrected chi connectivity index (χ3v) is 6.02. The van der Waals surface area contributed by atoms with E-state index >= 15 is 0 Å². The Morgan fingerprint density at radius 2 is 2.08 bits per heavy atom. The van der Waals surface area contributed by atoms with Crippen LogP contribution in [0.15, 0.2) is 18.2 Å². The van der Waals surface area contributed by atoms with E-state index in [1.165, 1.54) is 0 Å². The summed E-state index contributed by atoms with van der Waals surface area (Å²) in [6.07, 6.45) is -0.235. The van der Waals surface area contributed by atoms with E-state index in [2.05, 4.69) is 17.1 Å². The molecule has 2 heterocycles. The first-order valence-electron chi connectivity index (χ1n) is 7.39. The summed E-state index contributed by atoms with van der Waals surface area (Å²) >= 11 is 12.5. The molecule has 0 radical (unpaired) electrons. The minimum atomic E-state index is -1.46. The fraction of sp³-hybridized carbons (Fsp3) is 0.438. The summed E-state index contributed by atoms with van der Waals surface area (Å²) in [5.74, 6) is -1.91. The molecule has 122 valence electrons. The molecule has 2 aliphatic heterocycles. The van der Waals surface area contributed by atoms with Gasteiger partial charge in [0.25, 0.3) is 5.84 Å². The molecule has 4 rings (SSSR count). The second kappa shape index (κ2) is 4.62. The van der Waals surface area contributed by atoms with Crippen LogP contribution in [0.1, 0.15) is 18.4 Å². The maximum Gasteiger partial charge on any atom is 0.343 e. The number of nitrogens with one attached hydrogen (secondary N) is 1. The number of benzene rings is 1. The first-order chi connectivity index (χ1) is 11.4. The number of ether oxygens (including phenoxy) is 2. The van der Waals surface area contributed by atoms with Gasteiger partial charge in [0.15, 0.2) is 10.8 Å². The molecule has 1 aliphatic carbocycles. The number of nitrogens with zero attached hydrogens (tertiary/aromatic N) is 2. The number of rotatable bonds is 1. The lowest BCUT2D eigenvalue weighted by Gasteiger charge is -2.24. The first kappa shape index (κ1) is 15.7. The normalized spacial score (nSPS) is 42.3. The maximum absolute atomic E-state index is 10.0. The Kier molecular flexibility index (Phi) is 3.02. The molecule has 24 heavy (non-hydrogen) atoms. The van der Waals surface area contributed by atoms with Gasteiger partial charge in [-0.2, -0.15) is 10.5 Å². The Morgan fingerprint density at radius 3 is 2.67 bits per heavy atom. The van der Waals surface area contributed by atoms with Crippen LogP contribution < -0.4 is 10.7 Å². The minimum absolute atomic E-state index is 0.154. The summed E-state index contributed by atoms with van der Waals surface area (Å²) in [5, 5.41) is 20.6. The van der Waals surface area contributed by atoms with Crippen molar-refractivity contribution in [1.29, 1.82) is 10.5 Å². The average molecular weight is 364 g/mol. The SMILES string of the molecule is C[C@@H]1CO[C@]2([NH+]=C(N)[C@@]3(C#N)[C@@H](c4cccc(Cl)c4Cl)[C@@]23C#N)O1. The quantitative estimate of drug-likeness (QED) is 0.761. The molecule has 3 aliphatic rings. The van der Waals surface area contributed by atoms with Crippen molar-refractivity contribution in [2.75, 3.05) is 6.61 Å². The van der Waals surface area contributed by atoms with E-state index in [9.17, 15) is 10.5 Å². The fourth-order valence-corrected chi connectivity index (χ4v) is 4.59. The Hall–Kier alpha value is -1.83. The van der Waals surface area contributed by atoms with Crippen molar-refractivity contribution in [3.8, 4) is 12.1 Å². The van der Waals surface area contributed by atoms with Gasteiger partial charge in [0.2, 0.25) is 0 Å². The van der Waals surface area contributed by atoms with Crippen molar-refractivity contribution in [3.05, 3.63) is 33.8 Å². The lowest BCUT2D eigenvalue weighted by molar-refractivity contribution is -0.677. The molecule has 1 spiro atoms. The van der Waals surface area contributed by atoms with Crippen LogP contribution in [-0.2, 0) is 9.47 Å². The molecule has 0 unspecified atom stereocenters. The van der Waals surface area contributed by atoms with Crippen LogP contribution in [0.5, 0.6) is 0 Å². The minimum Gasteiger partial charge on any atom is -0.311 e. The zero-order chi connectivity index (χ0) is 17.3. The number of nitrogens with two attached hydrogens (primary N) is 1. The van der Waals surface area contributed by atoms with Crippen molar-refractivity contribution in [2.24, 2.45) is 16.6 Å². The summed E-state index contributed by atoms with van der Waals surface area (Å²) in [6.45, 7) is 2.12. The van der Waals surface area contributed by atoms with Gasteiger partial charge in [-0.15, -0.1) is 0 Å². The predicted octanol–water partition coefficient (Wildman–Crippen LogP) is 0.651. The lowest BCUT2D eigenvalue weighted by Crippen LogP contribution is -2.90. The summed E-state index contributed by atoms with van der Waals surface area (Å²) in [4.78, 5) is 2.91. The summed E-state index contributed by atoms with van der Waals surface area (Å²) in [6, 6.07) is 9.57. The molecule has 2 fully saturated rings. The van der Waals surface area contributed by atoms with E-state index < -0.39 is 22.7 Å². The van der Waals surface area contributed by atoms with Gasteiger partial charge in [-0.05, 0) is 18.6 Å². The monoisotopic (exact) mass is 363 g/mol. The third-order valence-electron chi connectivity index (χ3n) is 5.18. The van der Waals surface area contributed by atoms with Crippen LogP contribution in [0.4, 0.5) is 0 Å². The van der Waals surface area contributed by atoms with E-state index in [-0.39, 0.29) is 11.9 Å². The van der Waals surface area contributed by atoms with E-state index in [1.54, 1.807) is 18.2 Å². The molecule has 0 aromatic heterocycles. The molecular weight excluding hydrogens is 351 g/mol. The molecule has 1 saturated heterocycles. The Balaban J connectivity index is 1.96. The molecule has 1 aromatic rings. The van der Waals surface area contributed by atoms with Crippen LogP contribution in [0.2, 0.25) is 10.0 Å². The third kappa shape index (κ3) is 1.42. The van der Waals surface area contributed by atoms with Crippen LogP contribution in [-0.4, -0.2) is 24.5 Å². The van der Waals surface area contributed by atoms with E-state index in [4.69, 9.17) is 38.4 Å². The second-order valence-corrected chi connectivity index (χ2v) is 7.10. The maximum atomic E-state index is 10.0. The van der Waals surface area contributed by atoms with Gasteiger partial charge in [-0.1, -0.05) is 35.3 Å². The zero-order valence-corrected chi connectivity index (χ0v) is 14.1. The largest absolute Gasteiger partial charge is 0.343 e. The Bertz CT molecular complexity index is 876. The van der Waals surface area contributed by atoms with E-state index in [1.807, 2.05) is 6.92 Å². The van der Waals surface area contributed by atoms with Crippen molar-refractivity contribution < 1.29 is 14.5 Å². The highest BCUT2D eigenvalue weighted by atomic mass is 35.5. The molecule has 0 amide bonds. The smallest absolute Gasteiger partial charge is 0.311 e. The van der Waals surface area contributed by atoms with Crippen molar-refractivity contribution in [1.82, 2.24) is 0 Å². The van der Waals surface area contributed by atoms with Crippen LogP contribution in [0.3, 0.4) is 0 Å². The Morgan fingerprint density at radius 1 is 1.33 bits per heavy atom. The number of hydrogen-bond acceptors (Lipinski definition) is 5. The molecule has 0 bridgehead atoms. The van der Waals surface area contributed by atoms with Gasteiger partial charge in [0.1, 0.15) is 0 Å². The van der Waals surface area contributed by atoms with Crippen LogP contribution in [0, 0.1) is 33.5 Å². The standard InChI is InChI=1S/C16H12Cl2N4O2/c1-8-5-23-16(24-8)15(7-20)12(14(15,6-19)13(21)22-16)9-3-2-4-10(17)11(9)18/h2-4,8,12H,5H2,1H3,(H2,21,22)/p+1/t8-,12-,14-,15-,16+/m1/s1. The average Bonchev–Trinajstić information content (AvgIpc) is 2.93. The summed E-state index contributed by atoms with van der Waals surface area (Å²) < 4.78 is 11.7. The highest BCUT2D eigenvalue weighted by Gasteiger charge is 2.98. The van der Waals surface area contributed by atoms with E-state index in [0.29, 0.717) is 22.2 Å². The number of halogens is 2. The molecule has 3 N–H and O–H groups in total. The highest BCUT2D eigenvalue weighted by Crippen LogP contribution is 2.79. The van der Waals surface area contributed by atoms with Gasteiger partial charge in [-0.3, -0.25) is 5.73 Å². The van der Waals surface area contributed by atoms with Crippen LogP contribution in [0.25, 0.3) is 0 Å². The predicted molar refractivity (Wildman–Crippen MR) is 84.7 cm³/mol. The van der Waals surface area contributed by atoms with Gasteiger partial charge in [0.05, 0.1) is 34.9 Å². The number of fused-ring (bicyclic) bond motifs is 2.